The summed E-state index contributed by atoms with van der Waals surface area (Å²) in [6.07, 6.45) is 2.72. The maximum atomic E-state index is 12.5. The molecule has 1 aliphatic heterocycles. The van der Waals surface area contributed by atoms with Crippen LogP contribution in [0.2, 0.25) is 5.02 Å². The fourth-order valence-electron chi connectivity index (χ4n) is 4.24. The first kappa shape index (κ1) is 19.5. The smallest absolute Gasteiger partial charge is 0.200 e. The molecule has 0 saturated heterocycles. The zero-order valence-corrected chi connectivity index (χ0v) is 17.7. The highest BCUT2D eigenvalue weighted by Gasteiger charge is 2.26. The molecule has 2 heterocycles. The predicted molar refractivity (Wildman–Crippen MR) is 117 cm³/mol. The summed E-state index contributed by atoms with van der Waals surface area (Å²) in [5, 5.41) is 0.939. The van der Waals surface area contributed by atoms with E-state index in [1.54, 1.807) is 24.3 Å². The number of hydrogen-bond donors (Lipinski definition) is 0. The highest BCUT2D eigenvalue weighted by Crippen LogP contribution is 2.33. The Morgan fingerprint density at radius 3 is 2.77 bits per heavy atom. The Bertz CT molecular complexity index is 1140. The molecule has 0 bridgehead atoms. The molecule has 1 fully saturated rings. The third kappa shape index (κ3) is 3.80. The fourth-order valence-corrected chi connectivity index (χ4v) is 4.45. The lowest BCUT2D eigenvalue weighted by molar-refractivity contribution is -0.0351. The van der Waals surface area contributed by atoms with E-state index in [0.717, 1.165) is 24.5 Å². The summed E-state index contributed by atoms with van der Waals surface area (Å²) in [5.74, 6) is 2.16. The Kier molecular flexibility index (Phi) is 5.17. The van der Waals surface area contributed by atoms with Gasteiger partial charge in [-0.25, -0.2) is 0 Å². The molecule has 1 aromatic heterocycles. The lowest BCUT2D eigenvalue weighted by Gasteiger charge is -2.32. The minimum absolute atomic E-state index is 0.0883. The van der Waals surface area contributed by atoms with E-state index >= 15 is 0 Å². The van der Waals surface area contributed by atoms with Crippen LogP contribution in [0.15, 0.2) is 51.7 Å². The molecule has 3 aromatic rings. The van der Waals surface area contributed by atoms with E-state index in [0.29, 0.717) is 54.3 Å². The second-order valence-electron chi connectivity index (χ2n) is 8.27. The van der Waals surface area contributed by atoms with Crippen LogP contribution >= 0.6 is 11.6 Å². The normalized spacial score (nSPS) is 20.3. The van der Waals surface area contributed by atoms with Gasteiger partial charge in [-0.05, 0) is 54.2 Å². The van der Waals surface area contributed by atoms with Crippen molar-refractivity contribution in [3.8, 4) is 5.75 Å². The van der Waals surface area contributed by atoms with E-state index in [4.69, 9.17) is 25.5 Å². The van der Waals surface area contributed by atoms with Crippen LogP contribution in [-0.2, 0) is 17.8 Å². The molecule has 2 aromatic carbocycles. The molecule has 0 amide bonds. The van der Waals surface area contributed by atoms with E-state index in [9.17, 15) is 4.79 Å². The molecule has 5 nitrogen and oxygen atoms in total. The zero-order valence-electron chi connectivity index (χ0n) is 16.9. The Balaban J connectivity index is 1.25. The van der Waals surface area contributed by atoms with Crippen LogP contribution in [-0.4, -0.2) is 19.3 Å². The van der Waals surface area contributed by atoms with Crippen molar-refractivity contribution in [2.45, 2.75) is 39.0 Å². The summed E-state index contributed by atoms with van der Waals surface area (Å²) in [6, 6.07) is 12.9. The Morgan fingerprint density at radius 2 is 1.93 bits per heavy atom. The third-order valence-electron chi connectivity index (χ3n) is 5.94. The number of benzene rings is 2. The molecule has 0 N–H and O–H groups in total. The number of para-hydroxylation sites is 1. The van der Waals surface area contributed by atoms with Gasteiger partial charge in [0.2, 0.25) is 5.88 Å². The van der Waals surface area contributed by atoms with Crippen molar-refractivity contribution >= 4 is 28.5 Å². The number of rotatable bonds is 6. The van der Waals surface area contributed by atoms with Gasteiger partial charge in [0.15, 0.2) is 11.0 Å². The highest BCUT2D eigenvalue weighted by atomic mass is 35.5. The van der Waals surface area contributed by atoms with Gasteiger partial charge in [-0.2, -0.15) is 0 Å². The molecule has 0 spiro atoms. The Morgan fingerprint density at radius 1 is 1.10 bits per heavy atom. The third-order valence-corrected chi connectivity index (χ3v) is 6.24. The Hall–Kier alpha value is -2.50. The van der Waals surface area contributed by atoms with Crippen LogP contribution < -0.4 is 15.1 Å². The lowest BCUT2D eigenvalue weighted by Crippen LogP contribution is -2.30. The average Bonchev–Trinajstić information content (AvgIpc) is 3.14. The number of hydrogen-bond acceptors (Lipinski definition) is 5. The second kappa shape index (κ2) is 7.97. The predicted octanol–water partition coefficient (Wildman–Crippen LogP) is 5.16. The number of anilines is 1. The monoisotopic (exact) mass is 425 g/mol. The van der Waals surface area contributed by atoms with Gasteiger partial charge in [-0.3, -0.25) is 4.79 Å². The van der Waals surface area contributed by atoms with Gasteiger partial charge in [0.25, 0.3) is 0 Å². The van der Waals surface area contributed by atoms with Crippen molar-refractivity contribution < 1.29 is 13.9 Å². The first-order chi connectivity index (χ1) is 14.6. The molecule has 1 saturated carbocycles. The quantitative estimate of drug-likeness (QED) is 0.510. The molecular weight excluding hydrogens is 402 g/mol. The zero-order chi connectivity index (χ0) is 20.7. The van der Waals surface area contributed by atoms with E-state index < -0.39 is 0 Å². The van der Waals surface area contributed by atoms with Crippen molar-refractivity contribution in [1.29, 1.82) is 0 Å². The maximum Gasteiger partial charge on any atom is 0.200 e. The van der Waals surface area contributed by atoms with E-state index in [1.165, 1.54) is 11.1 Å². The van der Waals surface area contributed by atoms with Crippen LogP contribution in [0, 0.1) is 5.92 Å². The molecule has 1 aliphatic carbocycles. The number of ether oxygens (including phenoxy) is 2. The van der Waals surface area contributed by atoms with Gasteiger partial charge in [0, 0.05) is 19.2 Å². The van der Waals surface area contributed by atoms with Crippen molar-refractivity contribution in [2.24, 2.45) is 5.92 Å². The van der Waals surface area contributed by atoms with E-state index in [1.807, 2.05) is 11.0 Å². The minimum atomic E-state index is -0.0883. The summed E-state index contributed by atoms with van der Waals surface area (Å²) in [4.78, 5) is 14.5. The molecular formula is C24H24ClNO4. The minimum Gasteiger partial charge on any atom is -0.491 e. The van der Waals surface area contributed by atoms with Crippen molar-refractivity contribution in [3.63, 3.8) is 0 Å². The van der Waals surface area contributed by atoms with Gasteiger partial charge in [-0.15, -0.1) is 0 Å². The fraction of sp³-hybridized carbons (Fsp3) is 0.375. The standard InChI is InChI=1S/C24H24ClNO4/c1-15-9-19(10-15)29-8-7-28-18-6-5-16-13-26(14-17(16)11-18)23-12-22(27)20-3-2-4-21(25)24(20)30-23/h2-6,11-12,15,19H,7-10,13-14H2,1H3. The van der Waals surface area contributed by atoms with Gasteiger partial charge < -0.3 is 18.8 Å². The van der Waals surface area contributed by atoms with Crippen LogP contribution in [0.5, 0.6) is 5.75 Å². The average molecular weight is 426 g/mol. The van der Waals surface area contributed by atoms with Crippen molar-refractivity contribution in [3.05, 3.63) is 68.8 Å². The topological polar surface area (TPSA) is 51.9 Å². The summed E-state index contributed by atoms with van der Waals surface area (Å²) in [7, 11) is 0. The largest absolute Gasteiger partial charge is 0.491 e. The number of nitrogens with zero attached hydrogens (tertiary/aromatic N) is 1. The number of halogens is 1. The van der Waals surface area contributed by atoms with Crippen LogP contribution in [0.25, 0.3) is 11.0 Å². The van der Waals surface area contributed by atoms with E-state index in [2.05, 4.69) is 19.1 Å². The first-order valence-corrected chi connectivity index (χ1v) is 10.8. The molecule has 30 heavy (non-hydrogen) atoms. The van der Waals surface area contributed by atoms with Gasteiger partial charge in [0.05, 0.1) is 23.1 Å². The van der Waals surface area contributed by atoms with E-state index in [-0.39, 0.29) is 5.43 Å². The van der Waals surface area contributed by atoms with Crippen LogP contribution in [0.4, 0.5) is 5.88 Å². The molecule has 2 aliphatic rings. The summed E-state index contributed by atoms with van der Waals surface area (Å²) < 4.78 is 17.7. The lowest BCUT2D eigenvalue weighted by atomic mass is 9.84. The Labute approximate surface area is 180 Å². The molecule has 156 valence electrons. The summed E-state index contributed by atoms with van der Waals surface area (Å²) in [5.41, 5.74) is 2.71. The van der Waals surface area contributed by atoms with Crippen molar-refractivity contribution in [1.82, 2.24) is 0 Å². The van der Waals surface area contributed by atoms with Gasteiger partial charge in [0.1, 0.15) is 12.4 Å². The van der Waals surface area contributed by atoms with Gasteiger partial charge >= 0.3 is 0 Å². The molecule has 6 heteroatoms. The van der Waals surface area contributed by atoms with Gasteiger partial charge in [-0.1, -0.05) is 30.7 Å². The highest BCUT2D eigenvalue weighted by molar-refractivity contribution is 6.34. The molecule has 0 radical (unpaired) electrons. The summed E-state index contributed by atoms with van der Waals surface area (Å²) >= 11 is 6.24. The van der Waals surface area contributed by atoms with Crippen molar-refractivity contribution in [2.75, 3.05) is 18.1 Å². The SMILES string of the molecule is CC1CC(OCCOc2ccc3c(c2)CN(c2cc(=O)c4cccc(Cl)c4o2)C3)C1. The molecule has 5 rings (SSSR count). The van der Waals surface area contributed by atoms with Crippen LogP contribution in [0.3, 0.4) is 0 Å². The first-order valence-electron chi connectivity index (χ1n) is 10.4. The molecule has 0 atom stereocenters. The second-order valence-corrected chi connectivity index (χ2v) is 8.68. The molecule has 0 unspecified atom stereocenters. The van der Waals surface area contributed by atoms with Crippen LogP contribution in [0.1, 0.15) is 30.9 Å². The maximum absolute atomic E-state index is 12.5. The summed E-state index contributed by atoms with van der Waals surface area (Å²) in [6.45, 7) is 4.75. The number of fused-ring (bicyclic) bond motifs is 2.